The summed E-state index contributed by atoms with van der Waals surface area (Å²) in [6.07, 6.45) is -2.23. The van der Waals surface area contributed by atoms with E-state index in [1.54, 1.807) is 10.9 Å². The standard InChI is InChI=1S/C12H16F3N7/c1-7-9(6-19-22(7)4-3-16)20-11-18-5-8(12(13,14)15)10(17-2)21-11/h5-6H,3-4,16H2,1-2H3,(H2,17,18,20,21). The zero-order valence-corrected chi connectivity index (χ0v) is 12.1. The van der Waals surface area contributed by atoms with Gasteiger partial charge in [-0.2, -0.15) is 23.3 Å². The molecule has 2 aromatic heterocycles. The first-order chi connectivity index (χ1) is 10.4. The van der Waals surface area contributed by atoms with Gasteiger partial charge in [0.15, 0.2) is 0 Å². The van der Waals surface area contributed by atoms with Crippen molar-refractivity contribution in [1.29, 1.82) is 0 Å². The predicted molar refractivity (Wildman–Crippen MR) is 75.9 cm³/mol. The molecule has 2 rings (SSSR count). The molecule has 0 atom stereocenters. The molecular weight excluding hydrogens is 299 g/mol. The second-order valence-electron chi connectivity index (χ2n) is 4.48. The summed E-state index contributed by atoms with van der Waals surface area (Å²) in [7, 11) is 1.37. The summed E-state index contributed by atoms with van der Waals surface area (Å²) in [6, 6.07) is 0. The van der Waals surface area contributed by atoms with Gasteiger partial charge in [0.1, 0.15) is 11.4 Å². The van der Waals surface area contributed by atoms with Crippen molar-refractivity contribution < 1.29 is 13.2 Å². The zero-order chi connectivity index (χ0) is 16.3. The lowest BCUT2D eigenvalue weighted by Gasteiger charge is -2.12. The Balaban J connectivity index is 2.27. The molecule has 0 aromatic carbocycles. The van der Waals surface area contributed by atoms with Gasteiger partial charge in [-0.1, -0.05) is 0 Å². The number of nitrogens with two attached hydrogens (primary N) is 1. The van der Waals surface area contributed by atoms with E-state index in [1.807, 2.05) is 6.92 Å². The van der Waals surface area contributed by atoms with Crippen LogP contribution >= 0.6 is 0 Å². The molecule has 0 bridgehead atoms. The number of hydrogen-bond donors (Lipinski definition) is 3. The van der Waals surface area contributed by atoms with Crippen LogP contribution in [0.5, 0.6) is 0 Å². The molecule has 4 N–H and O–H groups in total. The molecule has 0 saturated carbocycles. The Morgan fingerprint density at radius 3 is 2.64 bits per heavy atom. The SMILES string of the molecule is CNc1nc(Nc2cnn(CCN)c2C)ncc1C(F)(F)F. The molecule has 0 radical (unpaired) electrons. The Morgan fingerprint density at radius 2 is 2.05 bits per heavy atom. The predicted octanol–water partition coefficient (Wildman–Crippen LogP) is 1.74. The first-order valence-electron chi connectivity index (χ1n) is 6.48. The summed E-state index contributed by atoms with van der Waals surface area (Å²) in [5.41, 5.74) is 5.94. The lowest BCUT2D eigenvalue weighted by atomic mass is 10.3. The van der Waals surface area contributed by atoms with Crippen molar-refractivity contribution in [3.8, 4) is 0 Å². The number of aromatic nitrogens is 4. The Hall–Kier alpha value is -2.36. The van der Waals surface area contributed by atoms with Crippen molar-refractivity contribution >= 4 is 17.5 Å². The van der Waals surface area contributed by atoms with Crippen LogP contribution in [0, 0.1) is 6.92 Å². The van der Waals surface area contributed by atoms with Crippen LogP contribution < -0.4 is 16.4 Å². The molecule has 0 aliphatic rings. The van der Waals surface area contributed by atoms with Gasteiger partial charge in [0.2, 0.25) is 5.95 Å². The number of rotatable bonds is 5. The molecule has 120 valence electrons. The number of hydrogen-bond acceptors (Lipinski definition) is 6. The molecule has 0 aliphatic carbocycles. The van der Waals surface area contributed by atoms with E-state index in [0.717, 1.165) is 11.9 Å². The fourth-order valence-corrected chi connectivity index (χ4v) is 1.88. The molecule has 2 heterocycles. The van der Waals surface area contributed by atoms with Gasteiger partial charge in [-0.15, -0.1) is 0 Å². The Labute approximate surface area is 124 Å². The number of alkyl halides is 3. The van der Waals surface area contributed by atoms with Crippen molar-refractivity contribution in [3.63, 3.8) is 0 Å². The summed E-state index contributed by atoms with van der Waals surface area (Å²) in [6.45, 7) is 2.79. The molecule has 0 unspecified atom stereocenters. The van der Waals surface area contributed by atoms with Gasteiger partial charge in [0, 0.05) is 19.8 Å². The van der Waals surface area contributed by atoms with E-state index < -0.39 is 11.7 Å². The fourth-order valence-electron chi connectivity index (χ4n) is 1.88. The first-order valence-corrected chi connectivity index (χ1v) is 6.48. The number of anilines is 3. The third-order valence-corrected chi connectivity index (χ3v) is 3.02. The van der Waals surface area contributed by atoms with Crippen LogP contribution in [-0.2, 0) is 12.7 Å². The Bertz CT molecular complexity index is 651. The van der Waals surface area contributed by atoms with Gasteiger partial charge in [-0.25, -0.2) is 4.98 Å². The van der Waals surface area contributed by atoms with Crippen LogP contribution in [0.15, 0.2) is 12.4 Å². The molecule has 10 heteroatoms. The minimum atomic E-state index is -4.52. The zero-order valence-electron chi connectivity index (χ0n) is 12.1. The Kier molecular flexibility index (Phi) is 4.50. The van der Waals surface area contributed by atoms with Crippen molar-refractivity contribution in [2.45, 2.75) is 19.6 Å². The van der Waals surface area contributed by atoms with Crippen LogP contribution in [0.3, 0.4) is 0 Å². The molecule has 22 heavy (non-hydrogen) atoms. The van der Waals surface area contributed by atoms with E-state index in [-0.39, 0.29) is 11.8 Å². The van der Waals surface area contributed by atoms with E-state index in [2.05, 4.69) is 25.7 Å². The van der Waals surface area contributed by atoms with E-state index in [9.17, 15) is 13.2 Å². The highest BCUT2D eigenvalue weighted by molar-refractivity contribution is 5.57. The maximum atomic E-state index is 12.8. The molecule has 2 aromatic rings. The van der Waals surface area contributed by atoms with Crippen LogP contribution in [-0.4, -0.2) is 33.3 Å². The van der Waals surface area contributed by atoms with Gasteiger partial charge in [-0.05, 0) is 6.92 Å². The topological polar surface area (TPSA) is 93.7 Å². The summed E-state index contributed by atoms with van der Waals surface area (Å²) in [5, 5.41) is 9.39. The largest absolute Gasteiger partial charge is 0.421 e. The molecule has 0 amide bonds. The van der Waals surface area contributed by atoms with Crippen LogP contribution in [0.2, 0.25) is 0 Å². The lowest BCUT2D eigenvalue weighted by Crippen LogP contribution is -2.13. The molecule has 0 spiro atoms. The summed E-state index contributed by atoms with van der Waals surface area (Å²) in [5.74, 6) is -0.246. The molecule has 0 aliphatic heterocycles. The van der Waals surface area contributed by atoms with Crippen LogP contribution in [0.25, 0.3) is 0 Å². The highest BCUT2D eigenvalue weighted by Crippen LogP contribution is 2.33. The fraction of sp³-hybridized carbons (Fsp3) is 0.417. The van der Waals surface area contributed by atoms with Crippen LogP contribution in [0.4, 0.5) is 30.6 Å². The quantitative estimate of drug-likeness (QED) is 0.778. The van der Waals surface area contributed by atoms with E-state index in [4.69, 9.17) is 5.73 Å². The van der Waals surface area contributed by atoms with Crippen molar-refractivity contribution in [2.75, 3.05) is 24.2 Å². The van der Waals surface area contributed by atoms with Gasteiger partial charge < -0.3 is 16.4 Å². The minimum Gasteiger partial charge on any atom is -0.372 e. The molecule has 7 nitrogen and oxygen atoms in total. The average molecular weight is 315 g/mol. The normalized spacial score (nSPS) is 11.5. The third-order valence-electron chi connectivity index (χ3n) is 3.02. The number of halogens is 3. The lowest BCUT2D eigenvalue weighted by molar-refractivity contribution is -0.137. The highest BCUT2D eigenvalue weighted by atomic mass is 19.4. The summed E-state index contributed by atoms with van der Waals surface area (Å²) < 4.78 is 40.0. The maximum absolute atomic E-state index is 12.8. The second kappa shape index (κ2) is 6.18. The van der Waals surface area contributed by atoms with Gasteiger partial charge >= 0.3 is 6.18 Å². The minimum absolute atomic E-state index is 0.0488. The molecular formula is C12H16F3N7. The molecule has 0 fully saturated rings. The monoisotopic (exact) mass is 315 g/mol. The average Bonchev–Trinajstić information content (AvgIpc) is 2.79. The van der Waals surface area contributed by atoms with E-state index in [1.165, 1.54) is 7.05 Å². The van der Waals surface area contributed by atoms with E-state index in [0.29, 0.717) is 18.8 Å². The van der Waals surface area contributed by atoms with Gasteiger partial charge in [0.05, 0.1) is 24.1 Å². The Morgan fingerprint density at radius 1 is 1.32 bits per heavy atom. The second-order valence-corrected chi connectivity index (χ2v) is 4.48. The van der Waals surface area contributed by atoms with Crippen LogP contribution in [0.1, 0.15) is 11.3 Å². The van der Waals surface area contributed by atoms with Crippen molar-refractivity contribution in [1.82, 2.24) is 19.7 Å². The van der Waals surface area contributed by atoms with Crippen molar-refractivity contribution in [2.24, 2.45) is 5.73 Å². The number of nitrogens with zero attached hydrogens (tertiary/aromatic N) is 4. The first kappa shape index (κ1) is 16.0. The summed E-state index contributed by atoms with van der Waals surface area (Å²) >= 11 is 0. The highest BCUT2D eigenvalue weighted by Gasteiger charge is 2.35. The summed E-state index contributed by atoms with van der Waals surface area (Å²) in [4.78, 5) is 7.54. The maximum Gasteiger partial charge on any atom is 0.421 e. The van der Waals surface area contributed by atoms with Gasteiger partial charge in [-0.3, -0.25) is 4.68 Å². The van der Waals surface area contributed by atoms with E-state index >= 15 is 0 Å². The number of nitrogens with one attached hydrogen (secondary N) is 2. The van der Waals surface area contributed by atoms with Gasteiger partial charge in [0.25, 0.3) is 0 Å². The van der Waals surface area contributed by atoms with Crippen molar-refractivity contribution in [3.05, 3.63) is 23.7 Å². The smallest absolute Gasteiger partial charge is 0.372 e. The third kappa shape index (κ3) is 3.27. The molecule has 0 saturated heterocycles.